The van der Waals surface area contributed by atoms with Crippen LogP contribution in [-0.4, -0.2) is 17.6 Å². The molecular weight excluding hydrogens is 230 g/mol. The Bertz CT molecular complexity index is 430. The molecule has 0 saturated carbocycles. The van der Waals surface area contributed by atoms with Gasteiger partial charge in [0.2, 0.25) is 0 Å². The molecule has 1 N–H and O–H groups in total. The van der Waals surface area contributed by atoms with Gasteiger partial charge >= 0.3 is 5.97 Å². The minimum Gasteiger partial charge on any atom is -0.481 e. The third kappa shape index (κ3) is 3.81. The summed E-state index contributed by atoms with van der Waals surface area (Å²) in [6.45, 7) is -0.0572. The van der Waals surface area contributed by atoms with E-state index in [1.165, 1.54) is 0 Å². The van der Waals surface area contributed by atoms with E-state index >= 15 is 0 Å². The number of hydrogen-bond acceptors (Lipinski definition) is 2. The Labute approximate surface area is 97.3 Å². The molecule has 0 aromatic heterocycles. The van der Waals surface area contributed by atoms with E-state index in [4.69, 9.17) is 22.2 Å². The fourth-order valence-electron chi connectivity index (χ4n) is 1.31. The number of benzene rings is 1. The molecule has 0 bridgehead atoms. The van der Waals surface area contributed by atoms with Crippen molar-refractivity contribution in [3.05, 3.63) is 45.3 Å². The van der Waals surface area contributed by atoms with Gasteiger partial charge in [-0.2, -0.15) is 0 Å². The highest BCUT2D eigenvalue weighted by Gasteiger charge is 2.16. The molecule has 0 fully saturated rings. The summed E-state index contributed by atoms with van der Waals surface area (Å²) in [5.74, 6) is -1.69. The monoisotopic (exact) mass is 239 g/mol. The predicted octanol–water partition coefficient (Wildman–Crippen LogP) is 2.89. The average molecular weight is 240 g/mol. The van der Waals surface area contributed by atoms with Crippen LogP contribution in [0.4, 0.5) is 0 Å². The summed E-state index contributed by atoms with van der Waals surface area (Å²) >= 11 is 5.78. The fraction of sp³-hybridized carbons (Fsp3) is 0.300. The number of carbonyl (C=O) groups is 1. The lowest BCUT2D eigenvalue weighted by molar-refractivity contribution is -0.141. The van der Waals surface area contributed by atoms with Crippen molar-refractivity contribution in [3.63, 3.8) is 0 Å². The van der Waals surface area contributed by atoms with Crippen LogP contribution in [0.15, 0.2) is 29.4 Å². The third-order valence-corrected chi connectivity index (χ3v) is 2.32. The number of aliphatic carboxylic acids is 1. The molecule has 6 heteroatoms. The zero-order valence-corrected chi connectivity index (χ0v) is 9.13. The first-order valence-corrected chi connectivity index (χ1v) is 4.99. The topological polar surface area (TPSA) is 86.1 Å². The minimum atomic E-state index is -0.979. The van der Waals surface area contributed by atoms with Gasteiger partial charge in [-0.25, -0.2) is 0 Å². The largest absolute Gasteiger partial charge is 0.481 e. The normalized spacial score (nSPS) is 11.6. The second-order valence-electron chi connectivity index (χ2n) is 3.28. The first kappa shape index (κ1) is 12.4. The molecule has 0 unspecified atom stereocenters. The van der Waals surface area contributed by atoms with E-state index in [-0.39, 0.29) is 6.54 Å². The van der Waals surface area contributed by atoms with Crippen molar-refractivity contribution in [2.45, 2.75) is 6.42 Å². The molecule has 0 spiro atoms. The highest BCUT2D eigenvalue weighted by Crippen LogP contribution is 2.15. The van der Waals surface area contributed by atoms with E-state index in [2.05, 4.69) is 10.0 Å². The summed E-state index contributed by atoms with van der Waals surface area (Å²) < 4.78 is 0. The molecule has 1 aromatic carbocycles. The maximum absolute atomic E-state index is 10.9. The Hall–Kier alpha value is -1.71. The van der Waals surface area contributed by atoms with E-state index in [0.717, 1.165) is 5.56 Å². The smallest absolute Gasteiger partial charge is 0.306 e. The standard InChI is InChI=1S/C10H10ClN3O2/c11-9-3-1-2-7(5-9)4-8(10(15)16)6-13-14-12/h1-3,5,8H,4,6H2,(H,15,16)/t8-/m1/s1. The van der Waals surface area contributed by atoms with Gasteiger partial charge in [0.15, 0.2) is 0 Å². The van der Waals surface area contributed by atoms with Crippen molar-refractivity contribution in [2.75, 3.05) is 6.54 Å². The Morgan fingerprint density at radius 2 is 2.38 bits per heavy atom. The molecule has 1 rings (SSSR count). The van der Waals surface area contributed by atoms with Crippen LogP contribution in [0.5, 0.6) is 0 Å². The molecule has 5 nitrogen and oxygen atoms in total. The fourth-order valence-corrected chi connectivity index (χ4v) is 1.53. The average Bonchev–Trinajstić information content (AvgIpc) is 2.24. The van der Waals surface area contributed by atoms with Gasteiger partial charge in [0.05, 0.1) is 5.92 Å². The highest BCUT2D eigenvalue weighted by atomic mass is 35.5. The molecule has 84 valence electrons. The zero-order valence-electron chi connectivity index (χ0n) is 8.38. The summed E-state index contributed by atoms with van der Waals surface area (Å²) in [7, 11) is 0. The molecule has 0 amide bonds. The van der Waals surface area contributed by atoms with E-state index < -0.39 is 11.9 Å². The van der Waals surface area contributed by atoms with E-state index in [1.807, 2.05) is 0 Å². The van der Waals surface area contributed by atoms with Crippen molar-refractivity contribution in [3.8, 4) is 0 Å². The summed E-state index contributed by atoms with van der Waals surface area (Å²) in [4.78, 5) is 13.4. The number of carboxylic acid groups (broad SMARTS) is 1. The second-order valence-corrected chi connectivity index (χ2v) is 3.72. The van der Waals surface area contributed by atoms with Gasteiger partial charge in [-0.15, -0.1) is 0 Å². The Morgan fingerprint density at radius 3 is 2.94 bits per heavy atom. The van der Waals surface area contributed by atoms with Crippen molar-refractivity contribution >= 4 is 17.6 Å². The molecule has 0 radical (unpaired) electrons. The Kier molecular flexibility index (Phi) is 4.64. The predicted molar refractivity (Wildman–Crippen MR) is 60.3 cm³/mol. The van der Waals surface area contributed by atoms with Gasteiger partial charge in [0.1, 0.15) is 0 Å². The van der Waals surface area contributed by atoms with Crippen LogP contribution in [0.25, 0.3) is 10.4 Å². The summed E-state index contributed by atoms with van der Waals surface area (Å²) in [6.07, 6.45) is 0.301. The molecule has 0 aliphatic heterocycles. The summed E-state index contributed by atoms with van der Waals surface area (Å²) in [6, 6.07) is 6.96. The molecule has 0 aliphatic rings. The molecule has 16 heavy (non-hydrogen) atoms. The minimum absolute atomic E-state index is 0.0572. The van der Waals surface area contributed by atoms with Crippen LogP contribution in [0, 0.1) is 5.92 Å². The lowest BCUT2D eigenvalue weighted by Gasteiger charge is -2.09. The SMILES string of the molecule is [N-]=[N+]=NC[C@@H](Cc1cccc(Cl)c1)C(=O)O. The van der Waals surface area contributed by atoms with E-state index in [1.54, 1.807) is 24.3 Å². The molecule has 1 atom stereocenters. The molecule has 0 saturated heterocycles. The number of halogens is 1. The third-order valence-electron chi connectivity index (χ3n) is 2.09. The number of azide groups is 1. The second kappa shape index (κ2) is 6.00. The van der Waals surface area contributed by atoms with Crippen LogP contribution in [0.2, 0.25) is 5.02 Å². The van der Waals surface area contributed by atoms with Gasteiger partial charge in [-0.05, 0) is 29.6 Å². The van der Waals surface area contributed by atoms with E-state index in [0.29, 0.717) is 11.4 Å². The number of rotatable bonds is 5. The summed E-state index contributed by atoms with van der Waals surface area (Å²) in [5, 5.41) is 12.8. The molecule has 0 aliphatic carbocycles. The van der Waals surface area contributed by atoms with Gasteiger partial charge in [-0.1, -0.05) is 28.8 Å². The zero-order chi connectivity index (χ0) is 12.0. The Morgan fingerprint density at radius 1 is 1.62 bits per heavy atom. The molecule has 1 aromatic rings. The van der Waals surface area contributed by atoms with Crippen LogP contribution in [0.3, 0.4) is 0 Å². The van der Waals surface area contributed by atoms with Crippen molar-refractivity contribution in [1.29, 1.82) is 0 Å². The number of hydrogen-bond donors (Lipinski definition) is 1. The van der Waals surface area contributed by atoms with Crippen LogP contribution >= 0.6 is 11.6 Å². The maximum Gasteiger partial charge on any atom is 0.306 e. The Balaban J connectivity index is 2.75. The van der Waals surface area contributed by atoms with Crippen LogP contribution in [0.1, 0.15) is 5.56 Å². The summed E-state index contributed by atoms with van der Waals surface area (Å²) in [5.41, 5.74) is 8.96. The van der Waals surface area contributed by atoms with Crippen LogP contribution < -0.4 is 0 Å². The molecule has 0 heterocycles. The van der Waals surface area contributed by atoms with E-state index in [9.17, 15) is 4.79 Å². The van der Waals surface area contributed by atoms with Crippen molar-refractivity contribution in [1.82, 2.24) is 0 Å². The van der Waals surface area contributed by atoms with Gasteiger partial charge in [0.25, 0.3) is 0 Å². The first-order chi connectivity index (χ1) is 7.63. The quantitative estimate of drug-likeness (QED) is 0.487. The van der Waals surface area contributed by atoms with Crippen LogP contribution in [-0.2, 0) is 11.2 Å². The first-order valence-electron chi connectivity index (χ1n) is 4.61. The van der Waals surface area contributed by atoms with Gasteiger partial charge < -0.3 is 5.11 Å². The van der Waals surface area contributed by atoms with Crippen molar-refractivity contribution in [2.24, 2.45) is 11.0 Å². The number of carboxylic acids is 1. The maximum atomic E-state index is 10.9. The number of nitrogens with zero attached hydrogens (tertiary/aromatic N) is 3. The van der Waals surface area contributed by atoms with Gasteiger partial charge in [-0.3, -0.25) is 4.79 Å². The lowest BCUT2D eigenvalue weighted by Crippen LogP contribution is -2.19. The van der Waals surface area contributed by atoms with Crippen molar-refractivity contribution < 1.29 is 9.90 Å². The molecular formula is C10H10ClN3O2. The highest BCUT2D eigenvalue weighted by molar-refractivity contribution is 6.30. The van der Waals surface area contributed by atoms with Gasteiger partial charge in [0, 0.05) is 16.5 Å². The lowest BCUT2D eigenvalue weighted by atomic mass is 10.00.